The highest BCUT2D eigenvalue weighted by atomic mass is 19.3. The third-order valence-electron chi connectivity index (χ3n) is 2.09. The molecule has 1 aromatic rings. The van der Waals surface area contributed by atoms with Crippen molar-refractivity contribution in [3.05, 3.63) is 18.5 Å². The van der Waals surface area contributed by atoms with Crippen LogP contribution < -0.4 is 0 Å². The van der Waals surface area contributed by atoms with Gasteiger partial charge in [0.25, 0.3) is 6.43 Å². The fourth-order valence-corrected chi connectivity index (χ4v) is 1.43. The standard InChI is InChI=1S/C12H18F2N4O2/c1-12(2,3)20-11(19)17(8-9(13)14)10(15-4)18-7-5-6-16-18/h5-7,9H,8H2,1-4H3/b15-10+. The number of nitrogens with zero attached hydrogens (tertiary/aromatic N) is 4. The van der Waals surface area contributed by atoms with E-state index in [4.69, 9.17) is 4.74 Å². The van der Waals surface area contributed by atoms with E-state index in [2.05, 4.69) is 10.1 Å². The van der Waals surface area contributed by atoms with Crippen LogP contribution in [-0.2, 0) is 4.74 Å². The molecule has 0 N–H and O–H groups in total. The van der Waals surface area contributed by atoms with Crippen LogP contribution in [0.25, 0.3) is 0 Å². The van der Waals surface area contributed by atoms with E-state index in [1.54, 1.807) is 26.8 Å². The monoisotopic (exact) mass is 288 g/mol. The number of amides is 1. The molecule has 0 spiro atoms. The maximum Gasteiger partial charge on any atom is 0.417 e. The molecule has 0 fully saturated rings. The maximum absolute atomic E-state index is 12.7. The minimum absolute atomic E-state index is 0.0236. The minimum atomic E-state index is -2.71. The molecule has 112 valence electrons. The summed E-state index contributed by atoms with van der Waals surface area (Å²) >= 11 is 0. The van der Waals surface area contributed by atoms with Crippen LogP contribution in [0.5, 0.6) is 0 Å². The maximum atomic E-state index is 12.7. The summed E-state index contributed by atoms with van der Waals surface area (Å²) < 4.78 is 31.7. The third kappa shape index (κ3) is 4.60. The number of aliphatic imine (C=N–C) groups is 1. The first-order chi connectivity index (χ1) is 9.24. The molecule has 6 nitrogen and oxygen atoms in total. The van der Waals surface area contributed by atoms with E-state index in [9.17, 15) is 13.6 Å². The SMILES string of the molecule is C/N=C(\N(CC(F)F)C(=O)OC(C)(C)C)n1cccn1. The lowest BCUT2D eigenvalue weighted by atomic mass is 10.2. The molecule has 0 radical (unpaired) electrons. The van der Waals surface area contributed by atoms with Gasteiger partial charge in [-0.1, -0.05) is 0 Å². The predicted octanol–water partition coefficient (Wildman–Crippen LogP) is 2.22. The molecule has 0 saturated heterocycles. The molecule has 1 amide bonds. The van der Waals surface area contributed by atoms with Gasteiger partial charge in [-0.25, -0.2) is 23.2 Å². The average Bonchev–Trinajstić information content (AvgIpc) is 2.79. The van der Waals surface area contributed by atoms with Gasteiger partial charge in [-0.05, 0) is 26.8 Å². The Labute approximate surface area is 116 Å². The van der Waals surface area contributed by atoms with E-state index >= 15 is 0 Å². The van der Waals surface area contributed by atoms with Gasteiger partial charge in [0.1, 0.15) is 5.60 Å². The second-order valence-electron chi connectivity index (χ2n) is 4.96. The van der Waals surface area contributed by atoms with Crippen molar-refractivity contribution in [2.75, 3.05) is 13.6 Å². The number of alkyl halides is 2. The predicted molar refractivity (Wildman–Crippen MR) is 69.9 cm³/mol. The van der Waals surface area contributed by atoms with Gasteiger partial charge in [0.2, 0.25) is 5.96 Å². The summed E-state index contributed by atoms with van der Waals surface area (Å²) in [6.07, 6.45) is -0.643. The number of rotatable bonds is 2. The summed E-state index contributed by atoms with van der Waals surface area (Å²) in [6, 6.07) is 1.60. The van der Waals surface area contributed by atoms with Crippen LogP contribution in [-0.4, -0.2) is 52.4 Å². The first-order valence-corrected chi connectivity index (χ1v) is 6.00. The van der Waals surface area contributed by atoms with Crippen LogP contribution in [0.2, 0.25) is 0 Å². The number of aromatic nitrogens is 2. The first-order valence-electron chi connectivity index (χ1n) is 6.00. The molecule has 8 heteroatoms. The average molecular weight is 288 g/mol. The summed E-state index contributed by atoms with van der Waals surface area (Å²) in [5, 5.41) is 3.89. The zero-order valence-electron chi connectivity index (χ0n) is 11.9. The van der Waals surface area contributed by atoms with Crippen LogP contribution in [0.3, 0.4) is 0 Å². The van der Waals surface area contributed by atoms with Crippen LogP contribution in [0.4, 0.5) is 13.6 Å². The van der Waals surface area contributed by atoms with Crippen molar-refractivity contribution in [3.8, 4) is 0 Å². The number of ether oxygens (including phenoxy) is 1. The zero-order chi connectivity index (χ0) is 15.3. The van der Waals surface area contributed by atoms with Crippen LogP contribution in [0.15, 0.2) is 23.5 Å². The number of hydrogen-bond acceptors (Lipinski definition) is 4. The summed E-state index contributed by atoms with van der Waals surface area (Å²) in [5.41, 5.74) is -0.791. The molecule has 1 rings (SSSR count). The molecule has 1 aromatic heterocycles. The number of carbonyl (C=O) groups excluding carboxylic acids is 1. The van der Waals surface area contributed by atoms with E-state index in [1.165, 1.54) is 24.1 Å². The molecule has 0 atom stereocenters. The Kier molecular flexibility index (Phi) is 5.18. The largest absolute Gasteiger partial charge is 0.443 e. The Balaban J connectivity index is 3.02. The van der Waals surface area contributed by atoms with Gasteiger partial charge in [0.05, 0.1) is 6.54 Å². The molecule has 1 heterocycles. The lowest BCUT2D eigenvalue weighted by Gasteiger charge is -2.27. The van der Waals surface area contributed by atoms with E-state index in [0.717, 1.165) is 4.90 Å². The highest BCUT2D eigenvalue weighted by molar-refractivity contribution is 5.95. The quantitative estimate of drug-likeness (QED) is 0.619. The Bertz CT molecular complexity index is 466. The fourth-order valence-electron chi connectivity index (χ4n) is 1.43. The van der Waals surface area contributed by atoms with Gasteiger partial charge in [-0.2, -0.15) is 5.10 Å². The van der Waals surface area contributed by atoms with Crippen LogP contribution in [0, 0.1) is 0 Å². The summed E-state index contributed by atoms with van der Waals surface area (Å²) in [6.45, 7) is 4.15. The molecule has 0 bridgehead atoms. The van der Waals surface area contributed by atoms with Crippen molar-refractivity contribution in [1.29, 1.82) is 0 Å². The molecule has 0 aliphatic carbocycles. The Morgan fingerprint density at radius 3 is 2.55 bits per heavy atom. The van der Waals surface area contributed by atoms with E-state index < -0.39 is 24.7 Å². The fraction of sp³-hybridized carbons (Fsp3) is 0.583. The number of halogens is 2. The molecule has 0 aliphatic heterocycles. The van der Waals surface area contributed by atoms with Gasteiger partial charge in [0, 0.05) is 19.4 Å². The Morgan fingerprint density at radius 2 is 2.15 bits per heavy atom. The normalized spacial score (nSPS) is 12.7. The lowest BCUT2D eigenvalue weighted by molar-refractivity contribution is 0.0253. The highest BCUT2D eigenvalue weighted by Gasteiger charge is 2.29. The summed E-state index contributed by atoms with van der Waals surface area (Å²) in [5.74, 6) is -0.0236. The lowest BCUT2D eigenvalue weighted by Crippen LogP contribution is -2.46. The van der Waals surface area contributed by atoms with Crippen LogP contribution in [0.1, 0.15) is 20.8 Å². The van der Waals surface area contributed by atoms with Crippen molar-refractivity contribution < 1.29 is 18.3 Å². The molecule has 0 unspecified atom stereocenters. The molecular formula is C12H18F2N4O2. The zero-order valence-corrected chi connectivity index (χ0v) is 11.9. The van der Waals surface area contributed by atoms with Crippen molar-refractivity contribution in [1.82, 2.24) is 14.7 Å². The molecule has 0 saturated carbocycles. The summed E-state index contributed by atoms with van der Waals surface area (Å²) in [4.78, 5) is 16.6. The molecular weight excluding hydrogens is 270 g/mol. The molecule has 20 heavy (non-hydrogen) atoms. The first kappa shape index (κ1) is 16.1. The number of hydrogen-bond donors (Lipinski definition) is 0. The van der Waals surface area contributed by atoms with Crippen molar-refractivity contribution >= 4 is 12.1 Å². The summed E-state index contributed by atoms with van der Waals surface area (Å²) in [7, 11) is 1.39. The van der Waals surface area contributed by atoms with E-state index in [-0.39, 0.29) is 5.96 Å². The van der Waals surface area contributed by atoms with Gasteiger partial charge < -0.3 is 4.74 Å². The van der Waals surface area contributed by atoms with Crippen molar-refractivity contribution in [2.24, 2.45) is 4.99 Å². The molecule has 0 aromatic carbocycles. The topological polar surface area (TPSA) is 59.7 Å². The van der Waals surface area contributed by atoms with E-state index in [0.29, 0.717) is 0 Å². The van der Waals surface area contributed by atoms with Crippen LogP contribution >= 0.6 is 0 Å². The minimum Gasteiger partial charge on any atom is -0.443 e. The smallest absolute Gasteiger partial charge is 0.417 e. The second-order valence-corrected chi connectivity index (χ2v) is 4.96. The highest BCUT2D eigenvalue weighted by Crippen LogP contribution is 2.12. The van der Waals surface area contributed by atoms with Crippen molar-refractivity contribution in [2.45, 2.75) is 32.8 Å². The third-order valence-corrected chi connectivity index (χ3v) is 2.09. The Morgan fingerprint density at radius 1 is 1.50 bits per heavy atom. The van der Waals surface area contributed by atoms with Gasteiger partial charge in [0.15, 0.2) is 0 Å². The van der Waals surface area contributed by atoms with Gasteiger partial charge >= 0.3 is 6.09 Å². The van der Waals surface area contributed by atoms with Gasteiger partial charge in [-0.3, -0.25) is 4.99 Å². The van der Waals surface area contributed by atoms with E-state index in [1.807, 2.05) is 0 Å². The molecule has 0 aliphatic rings. The second kappa shape index (κ2) is 6.44. The number of carbonyl (C=O) groups is 1. The van der Waals surface area contributed by atoms with Gasteiger partial charge in [-0.15, -0.1) is 0 Å². The Hall–Kier alpha value is -1.99. The van der Waals surface area contributed by atoms with Crippen molar-refractivity contribution in [3.63, 3.8) is 0 Å².